The minimum atomic E-state index is -3.88. The van der Waals surface area contributed by atoms with Gasteiger partial charge < -0.3 is 17.6 Å². The molecule has 1 aromatic heterocycles. The molecule has 3 rings (SSSR count). The van der Waals surface area contributed by atoms with Gasteiger partial charge in [0.05, 0.1) is 0 Å². The molecule has 0 bridgehead atoms. The first-order valence-corrected chi connectivity index (χ1v) is 8.01. The number of hydrogen-bond acceptors (Lipinski definition) is 1. The lowest BCUT2D eigenvalue weighted by Gasteiger charge is -2.30. The number of aromatic nitrogens is 1. The summed E-state index contributed by atoms with van der Waals surface area (Å²) >= 11 is 0. The molecule has 0 radical (unpaired) electrons. The fourth-order valence-corrected chi connectivity index (χ4v) is 3.38. The van der Waals surface area contributed by atoms with Crippen LogP contribution in [0.4, 0.5) is 8.63 Å². The molecule has 2 aliphatic heterocycles. The van der Waals surface area contributed by atoms with E-state index in [0.717, 1.165) is 20.1 Å². The van der Waals surface area contributed by atoms with E-state index in [1.54, 1.807) is 19.1 Å². The summed E-state index contributed by atoms with van der Waals surface area (Å²) in [5.41, 5.74) is 3.32. The minimum Gasteiger partial charge on any atom is -0.394 e. The van der Waals surface area contributed by atoms with E-state index in [2.05, 4.69) is 0 Å². The number of ketones is 1. The first-order valence-electron chi connectivity index (χ1n) is 8.01. The molecule has 0 atom stereocenters. The Kier molecular flexibility index (Phi) is 3.66. The van der Waals surface area contributed by atoms with Crippen LogP contribution in [0.5, 0.6) is 0 Å². The van der Waals surface area contributed by atoms with Gasteiger partial charge in [-0.05, 0) is 37.6 Å². The molecule has 0 amide bonds. The van der Waals surface area contributed by atoms with E-state index < -0.39 is 6.97 Å². The third kappa shape index (κ3) is 2.40. The molecule has 122 valence electrons. The maximum atomic E-state index is 14.9. The molecule has 0 saturated carbocycles. The van der Waals surface area contributed by atoms with Crippen molar-refractivity contribution in [1.82, 2.24) is 4.48 Å². The maximum Gasteiger partial charge on any atom is 0.737 e. The Morgan fingerprint density at radius 3 is 2.70 bits per heavy atom. The van der Waals surface area contributed by atoms with E-state index >= 15 is 0 Å². The lowest BCUT2D eigenvalue weighted by Crippen LogP contribution is -2.49. The number of aryl methyl sites for hydroxylation is 2. The van der Waals surface area contributed by atoms with Crippen LogP contribution >= 0.6 is 0 Å². The van der Waals surface area contributed by atoms with Gasteiger partial charge in [-0.25, -0.2) is 0 Å². The van der Waals surface area contributed by atoms with Crippen molar-refractivity contribution in [3.05, 3.63) is 40.4 Å². The van der Waals surface area contributed by atoms with Crippen LogP contribution in [0.15, 0.2) is 23.4 Å². The van der Waals surface area contributed by atoms with E-state index in [-0.39, 0.29) is 11.7 Å². The first-order chi connectivity index (χ1) is 10.7. The van der Waals surface area contributed by atoms with Crippen LogP contribution in [-0.4, -0.2) is 27.9 Å². The topological polar surface area (TPSA) is 25.0 Å². The van der Waals surface area contributed by atoms with Gasteiger partial charge in [-0.15, -0.1) is 0 Å². The summed E-state index contributed by atoms with van der Waals surface area (Å²) in [4.78, 5) is 11.8. The largest absolute Gasteiger partial charge is 0.737 e. The average molecular weight is 318 g/mol. The number of nitrogens with zero attached hydrogens (tertiary/aromatic N) is 2. The molecule has 0 fully saturated rings. The Hall–Kier alpha value is -1.98. The predicted molar refractivity (Wildman–Crippen MR) is 88.7 cm³/mol. The zero-order valence-corrected chi connectivity index (χ0v) is 13.9. The van der Waals surface area contributed by atoms with E-state index in [4.69, 9.17) is 0 Å². The molecule has 3 heterocycles. The van der Waals surface area contributed by atoms with Gasteiger partial charge in [0.2, 0.25) is 0 Å². The van der Waals surface area contributed by atoms with Crippen LogP contribution < -0.4 is 0 Å². The first kappa shape index (κ1) is 15.9. The van der Waals surface area contributed by atoms with Crippen molar-refractivity contribution in [2.45, 2.75) is 40.5 Å². The van der Waals surface area contributed by atoms with Crippen molar-refractivity contribution in [3.8, 4) is 0 Å². The Balaban J connectivity index is 1.95. The van der Waals surface area contributed by atoms with Crippen molar-refractivity contribution in [1.29, 1.82) is 0 Å². The molecule has 3 nitrogen and oxygen atoms in total. The molecular formula is C17H21BF2N2O. The Morgan fingerprint density at radius 2 is 2.04 bits per heavy atom. The van der Waals surface area contributed by atoms with Crippen LogP contribution in [0.25, 0.3) is 6.08 Å². The number of fused-ring (bicyclic) bond motifs is 2. The van der Waals surface area contributed by atoms with Gasteiger partial charge in [0.25, 0.3) is 0 Å². The molecule has 0 saturated heterocycles. The third-order valence-electron chi connectivity index (χ3n) is 4.72. The molecule has 0 spiro atoms. The molecule has 0 unspecified atom stereocenters. The SMILES string of the molecule is Cc1cc(C)n2c1C=C1C(CCC(=O)C(C)C)=CC=[N+]1[B-]2(F)F. The van der Waals surface area contributed by atoms with Crippen molar-refractivity contribution in [3.63, 3.8) is 0 Å². The lowest BCUT2D eigenvalue weighted by atomic mass is 9.89. The van der Waals surface area contributed by atoms with Crippen molar-refractivity contribution in [2.75, 3.05) is 0 Å². The van der Waals surface area contributed by atoms with Gasteiger partial charge >= 0.3 is 6.97 Å². The summed E-state index contributed by atoms with van der Waals surface area (Å²) < 4.78 is 32.0. The van der Waals surface area contributed by atoms with E-state index in [0.29, 0.717) is 29.9 Å². The highest BCUT2D eigenvalue weighted by molar-refractivity contribution is 6.57. The minimum absolute atomic E-state index is 0.0230. The highest BCUT2D eigenvalue weighted by Crippen LogP contribution is 2.36. The maximum absolute atomic E-state index is 14.9. The Bertz CT molecular complexity index is 785. The highest BCUT2D eigenvalue weighted by Gasteiger charge is 2.51. The van der Waals surface area contributed by atoms with Crippen molar-refractivity contribution >= 4 is 25.0 Å². The predicted octanol–water partition coefficient (Wildman–Crippen LogP) is 3.71. The third-order valence-corrected chi connectivity index (χ3v) is 4.72. The molecule has 1 aromatic rings. The number of hydrogen-bond donors (Lipinski definition) is 0. The number of rotatable bonds is 4. The van der Waals surface area contributed by atoms with Crippen LogP contribution in [0.1, 0.15) is 43.6 Å². The Labute approximate surface area is 135 Å². The normalized spacial score (nSPS) is 18.3. The van der Waals surface area contributed by atoms with Gasteiger partial charge in [-0.2, -0.15) is 0 Å². The van der Waals surface area contributed by atoms with Crippen molar-refractivity contribution in [2.24, 2.45) is 5.92 Å². The fourth-order valence-electron chi connectivity index (χ4n) is 3.38. The quantitative estimate of drug-likeness (QED) is 0.777. The second kappa shape index (κ2) is 5.29. The smallest absolute Gasteiger partial charge is 0.394 e. The fraction of sp³-hybridized carbons (Fsp3) is 0.412. The highest BCUT2D eigenvalue weighted by atomic mass is 19.2. The second-order valence-corrected chi connectivity index (χ2v) is 6.71. The number of halogens is 2. The van der Waals surface area contributed by atoms with Gasteiger partial charge in [0.15, 0.2) is 5.70 Å². The van der Waals surface area contributed by atoms with Gasteiger partial charge in [0, 0.05) is 35.8 Å². The van der Waals surface area contributed by atoms with Crippen LogP contribution in [0.3, 0.4) is 0 Å². The van der Waals surface area contributed by atoms with Gasteiger partial charge in [-0.3, -0.25) is 4.79 Å². The summed E-state index contributed by atoms with van der Waals surface area (Å²) in [6.45, 7) is 3.40. The second-order valence-electron chi connectivity index (χ2n) is 6.71. The van der Waals surface area contributed by atoms with E-state index in [1.807, 2.05) is 26.8 Å². The Morgan fingerprint density at radius 1 is 1.35 bits per heavy atom. The molecule has 23 heavy (non-hydrogen) atoms. The summed E-state index contributed by atoms with van der Waals surface area (Å²) in [5, 5.41) is 0. The van der Waals surface area contributed by atoms with E-state index in [1.165, 1.54) is 6.21 Å². The van der Waals surface area contributed by atoms with Gasteiger partial charge in [0.1, 0.15) is 12.0 Å². The summed E-state index contributed by atoms with van der Waals surface area (Å²) in [5.74, 6) is 0.138. The summed E-state index contributed by atoms with van der Waals surface area (Å²) in [6, 6.07) is 1.79. The van der Waals surface area contributed by atoms with Gasteiger partial charge in [-0.1, -0.05) is 13.8 Å². The zero-order chi connectivity index (χ0) is 16.9. The molecule has 6 heteroatoms. The summed E-state index contributed by atoms with van der Waals surface area (Å²) in [7, 11) is 0. The molecule has 0 aromatic carbocycles. The van der Waals surface area contributed by atoms with Crippen LogP contribution in [0, 0.1) is 19.8 Å². The number of allylic oxidation sites excluding steroid dienone is 2. The molecule has 2 aliphatic rings. The zero-order valence-electron chi connectivity index (χ0n) is 13.9. The number of carbonyl (C=O) groups is 1. The standard InChI is InChI=1S/C17H21BF2N2O/c1-11(2)17(23)6-5-14-7-8-21-16(14)10-15-12(3)9-13(4)22(15)18(21,19)20/h7-11H,5-6H2,1-4H3. The average Bonchev–Trinajstić information content (AvgIpc) is 2.99. The molecular weight excluding hydrogens is 297 g/mol. The van der Waals surface area contributed by atoms with Crippen LogP contribution in [-0.2, 0) is 4.79 Å². The monoisotopic (exact) mass is 318 g/mol. The molecule has 0 aliphatic carbocycles. The van der Waals surface area contributed by atoms with E-state index in [9.17, 15) is 13.4 Å². The van der Waals surface area contributed by atoms with Crippen LogP contribution in [0.2, 0.25) is 0 Å². The lowest BCUT2D eigenvalue weighted by molar-refractivity contribution is -0.357. The van der Waals surface area contributed by atoms with Crippen molar-refractivity contribution < 1.29 is 17.9 Å². The molecule has 0 N–H and O–H groups in total. The summed E-state index contributed by atoms with van der Waals surface area (Å²) in [6.07, 6.45) is 5.86. The number of Topliss-reactive ketones (excluding diaryl/α,β-unsaturated/α-hetero) is 1. The number of carbonyl (C=O) groups excluding carboxylic acids is 1.